The second kappa shape index (κ2) is 7.24. The Balaban J connectivity index is 1.71. The van der Waals surface area contributed by atoms with Crippen LogP contribution in [0.15, 0.2) is 36.4 Å². The number of hydrogen-bond acceptors (Lipinski definition) is 6. The van der Waals surface area contributed by atoms with E-state index < -0.39 is 23.4 Å². The molecule has 0 fully saturated rings. The quantitative estimate of drug-likeness (QED) is 0.405. The van der Waals surface area contributed by atoms with Gasteiger partial charge in [0.05, 0.1) is 10.4 Å². The summed E-state index contributed by atoms with van der Waals surface area (Å²) in [4.78, 5) is 34.9. The summed E-state index contributed by atoms with van der Waals surface area (Å²) in [5.74, 6) is -1.45. The van der Waals surface area contributed by atoms with Crippen LogP contribution >= 0.6 is 0 Å². The number of carbonyl (C=O) groups excluding carboxylic acids is 2. The summed E-state index contributed by atoms with van der Waals surface area (Å²) >= 11 is 0. The minimum Gasteiger partial charge on any atom is -0.451 e. The molecule has 0 saturated heterocycles. The maximum atomic E-state index is 12.2. The molecule has 9 heteroatoms. The number of nitro groups is 1. The van der Waals surface area contributed by atoms with Crippen molar-refractivity contribution in [2.75, 3.05) is 11.9 Å². The topological polar surface area (TPSA) is 127 Å². The van der Waals surface area contributed by atoms with E-state index in [2.05, 4.69) is 15.5 Å². The van der Waals surface area contributed by atoms with Crippen LogP contribution < -0.4 is 5.32 Å². The molecule has 1 amide bonds. The van der Waals surface area contributed by atoms with Gasteiger partial charge in [0.2, 0.25) is 0 Å². The van der Waals surface area contributed by atoms with Gasteiger partial charge in [-0.1, -0.05) is 24.3 Å². The first-order valence-corrected chi connectivity index (χ1v) is 8.03. The van der Waals surface area contributed by atoms with Crippen molar-refractivity contribution in [1.29, 1.82) is 0 Å². The third-order valence-electron chi connectivity index (χ3n) is 4.17. The highest BCUT2D eigenvalue weighted by Crippen LogP contribution is 2.30. The third-order valence-corrected chi connectivity index (χ3v) is 4.17. The van der Waals surface area contributed by atoms with E-state index in [0.717, 1.165) is 5.56 Å². The number of nitrogens with one attached hydrogen (secondary N) is 2. The van der Waals surface area contributed by atoms with Crippen LogP contribution in [0.4, 0.5) is 11.4 Å². The highest BCUT2D eigenvalue weighted by atomic mass is 16.6. The van der Waals surface area contributed by atoms with Crippen LogP contribution in [-0.4, -0.2) is 33.6 Å². The SMILES string of the molecule is Cc1ccc([N+](=O)[O-])c(NC(=O)COC(=O)c2n[nH]c3ccccc23)c1C. The molecule has 1 aromatic heterocycles. The average molecular weight is 368 g/mol. The number of rotatable bonds is 5. The predicted octanol–water partition coefficient (Wildman–Crippen LogP) is 2.88. The summed E-state index contributed by atoms with van der Waals surface area (Å²) in [5, 5.41) is 20.8. The van der Waals surface area contributed by atoms with Crippen molar-refractivity contribution in [1.82, 2.24) is 10.2 Å². The van der Waals surface area contributed by atoms with Crippen molar-refractivity contribution in [2.45, 2.75) is 13.8 Å². The van der Waals surface area contributed by atoms with Crippen LogP contribution in [0, 0.1) is 24.0 Å². The molecule has 0 aliphatic carbocycles. The molecule has 0 aliphatic heterocycles. The van der Waals surface area contributed by atoms with Crippen molar-refractivity contribution in [3.63, 3.8) is 0 Å². The zero-order valence-electron chi connectivity index (χ0n) is 14.6. The first-order valence-electron chi connectivity index (χ1n) is 8.03. The van der Waals surface area contributed by atoms with Crippen LogP contribution in [0.1, 0.15) is 21.6 Å². The van der Waals surface area contributed by atoms with E-state index in [1.54, 1.807) is 44.2 Å². The Morgan fingerprint density at radius 1 is 1.22 bits per heavy atom. The summed E-state index contributed by atoms with van der Waals surface area (Å²) in [7, 11) is 0. The zero-order valence-corrected chi connectivity index (χ0v) is 14.6. The number of ether oxygens (including phenoxy) is 1. The lowest BCUT2D eigenvalue weighted by molar-refractivity contribution is -0.384. The number of benzene rings is 2. The normalized spacial score (nSPS) is 10.6. The van der Waals surface area contributed by atoms with Gasteiger partial charge in [-0.25, -0.2) is 4.79 Å². The van der Waals surface area contributed by atoms with Crippen LogP contribution in [0.3, 0.4) is 0 Å². The van der Waals surface area contributed by atoms with Gasteiger partial charge in [-0.15, -0.1) is 0 Å². The van der Waals surface area contributed by atoms with Crippen molar-refractivity contribution in [3.05, 3.63) is 63.3 Å². The Bertz CT molecular complexity index is 1060. The number of nitrogens with zero attached hydrogens (tertiary/aromatic N) is 2. The molecule has 0 aliphatic rings. The highest BCUT2D eigenvalue weighted by Gasteiger charge is 2.21. The van der Waals surface area contributed by atoms with E-state index in [-0.39, 0.29) is 17.1 Å². The van der Waals surface area contributed by atoms with E-state index in [0.29, 0.717) is 16.5 Å². The number of aromatic nitrogens is 2. The van der Waals surface area contributed by atoms with Gasteiger partial charge in [0, 0.05) is 11.5 Å². The fourth-order valence-electron chi connectivity index (χ4n) is 2.61. The van der Waals surface area contributed by atoms with Crippen molar-refractivity contribution in [2.24, 2.45) is 0 Å². The van der Waals surface area contributed by atoms with Gasteiger partial charge in [0.1, 0.15) is 5.69 Å². The number of fused-ring (bicyclic) bond motifs is 1. The van der Waals surface area contributed by atoms with Gasteiger partial charge >= 0.3 is 5.97 Å². The van der Waals surface area contributed by atoms with E-state index in [9.17, 15) is 19.7 Å². The second-order valence-electron chi connectivity index (χ2n) is 5.90. The lowest BCUT2D eigenvalue weighted by Crippen LogP contribution is -2.22. The molecular formula is C18H16N4O5. The molecule has 27 heavy (non-hydrogen) atoms. The van der Waals surface area contributed by atoms with Crippen LogP contribution in [0.2, 0.25) is 0 Å². The molecular weight excluding hydrogens is 352 g/mol. The number of para-hydroxylation sites is 1. The number of H-pyrrole nitrogens is 1. The number of aromatic amines is 1. The van der Waals surface area contributed by atoms with E-state index in [1.165, 1.54) is 6.07 Å². The number of aryl methyl sites for hydroxylation is 1. The Kier molecular flexibility index (Phi) is 4.84. The monoisotopic (exact) mass is 368 g/mol. The molecule has 0 unspecified atom stereocenters. The number of esters is 1. The van der Waals surface area contributed by atoms with E-state index in [1.807, 2.05) is 0 Å². The molecule has 3 rings (SSSR count). The minimum atomic E-state index is -0.766. The summed E-state index contributed by atoms with van der Waals surface area (Å²) in [5.41, 5.74) is 1.96. The van der Waals surface area contributed by atoms with Crippen LogP contribution in [-0.2, 0) is 9.53 Å². The summed E-state index contributed by atoms with van der Waals surface area (Å²) in [6, 6.07) is 9.92. The second-order valence-corrected chi connectivity index (χ2v) is 5.90. The average Bonchev–Trinajstić information content (AvgIpc) is 3.07. The van der Waals surface area contributed by atoms with Crippen LogP contribution in [0.5, 0.6) is 0 Å². The van der Waals surface area contributed by atoms with Crippen LogP contribution in [0.25, 0.3) is 10.9 Å². The molecule has 0 spiro atoms. The molecule has 9 nitrogen and oxygen atoms in total. The Labute approximate surface area is 153 Å². The van der Waals surface area contributed by atoms with Gasteiger partial charge in [-0.2, -0.15) is 5.10 Å². The number of hydrogen-bond donors (Lipinski definition) is 2. The van der Waals surface area contributed by atoms with Gasteiger partial charge in [-0.3, -0.25) is 20.0 Å². The van der Waals surface area contributed by atoms with E-state index >= 15 is 0 Å². The van der Waals surface area contributed by atoms with Crippen molar-refractivity contribution >= 4 is 34.2 Å². The largest absolute Gasteiger partial charge is 0.451 e. The zero-order chi connectivity index (χ0) is 19.6. The fourth-order valence-corrected chi connectivity index (χ4v) is 2.61. The Morgan fingerprint density at radius 2 is 1.96 bits per heavy atom. The standard InChI is InChI=1S/C18H16N4O5/c1-10-7-8-14(22(25)26)16(11(10)2)19-15(23)9-27-18(24)17-12-5-3-4-6-13(12)20-21-17/h3-8H,9H2,1-2H3,(H,19,23)(H,20,21). The molecule has 0 bridgehead atoms. The lowest BCUT2D eigenvalue weighted by Gasteiger charge is -2.11. The van der Waals surface area contributed by atoms with Crippen molar-refractivity contribution in [3.8, 4) is 0 Å². The molecule has 1 heterocycles. The summed E-state index contributed by atoms with van der Waals surface area (Å²) in [6.45, 7) is 2.85. The molecule has 2 N–H and O–H groups in total. The first-order chi connectivity index (χ1) is 12.9. The van der Waals surface area contributed by atoms with Gasteiger partial charge in [-0.05, 0) is 31.0 Å². The van der Waals surface area contributed by atoms with Crippen molar-refractivity contribution < 1.29 is 19.2 Å². The maximum Gasteiger partial charge on any atom is 0.359 e. The third kappa shape index (κ3) is 3.61. The lowest BCUT2D eigenvalue weighted by atomic mass is 10.1. The minimum absolute atomic E-state index is 0.0658. The fraction of sp³-hybridized carbons (Fsp3) is 0.167. The predicted molar refractivity (Wildman–Crippen MR) is 97.6 cm³/mol. The number of anilines is 1. The molecule has 138 valence electrons. The molecule has 3 aromatic rings. The first kappa shape index (κ1) is 18.1. The van der Waals surface area contributed by atoms with Gasteiger partial charge in [0.15, 0.2) is 12.3 Å². The highest BCUT2D eigenvalue weighted by molar-refractivity contribution is 6.03. The molecule has 0 radical (unpaired) electrons. The number of carbonyl (C=O) groups is 2. The molecule has 2 aromatic carbocycles. The summed E-state index contributed by atoms with van der Waals surface area (Å²) in [6.07, 6.45) is 0. The van der Waals surface area contributed by atoms with Gasteiger partial charge in [0.25, 0.3) is 11.6 Å². The number of nitro benzene ring substituents is 1. The van der Waals surface area contributed by atoms with E-state index in [4.69, 9.17) is 4.74 Å². The summed E-state index contributed by atoms with van der Waals surface area (Å²) < 4.78 is 5.00. The smallest absolute Gasteiger partial charge is 0.359 e. The van der Waals surface area contributed by atoms with Gasteiger partial charge < -0.3 is 10.1 Å². The Morgan fingerprint density at radius 3 is 2.70 bits per heavy atom. The molecule has 0 atom stereocenters. The molecule has 0 saturated carbocycles. The Hall–Kier alpha value is -3.75. The maximum absolute atomic E-state index is 12.2. The number of amides is 1.